The summed E-state index contributed by atoms with van der Waals surface area (Å²) in [6.45, 7) is 6.91. The minimum atomic E-state index is 0. The first-order valence-corrected chi connectivity index (χ1v) is 7.45. The van der Waals surface area contributed by atoms with E-state index in [4.69, 9.17) is 0 Å². The molecule has 0 saturated heterocycles. The van der Waals surface area contributed by atoms with Crippen LogP contribution in [0.15, 0.2) is 0 Å². The maximum absolute atomic E-state index is 2.74. The van der Waals surface area contributed by atoms with Gasteiger partial charge in [-0.3, -0.25) is 0 Å². The molecule has 0 aliphatic rings. The van der Waals surface area contributed by atoms with Crippen molar-refractivity contribution in [2.45, 2.75) is 82.0 Å². The lowest BCUT2D eigenvalue weighted by atomic mass is 9.91. The molecule has 0 nitrogen and oxygen atoms in total. The van der Waals surface area contributed by atoms with Crippen LogP contribution in [0, 0.1) is 0 Å². The fourth-order valence-corrected chi connectivity index (χ4v) is 3.00. The van der Waals surface area contributed by atoms with E-state index in [1.165, 1.54) is 57.8 Å². The van der Waals surface area contributed by atoms with E-state index in [9.17, 15) is 0 Å². The Morgan fingerprint density at radius 2 is 1.00 bits per heavy atom. The molecule has 0 saturated carbocycles. The van der Waals surface area contributed by atoms with Gasteiger partial charge in [-0.2, -0.15) is 9.90 Å². The highest BCUT2D eigenvalue weighted by Gasteiger charge is 2.23. The molecule has 0 aromatic rings. The number of alkyl halides is 1. The smallest absolute Gasteiger partial charge is 0.0222 e. The zero-order chi connectivity index (χ0) is 10.9. The van der Waals surface area contributed by atoms with Gasteiger partial charge < -0.3 is 0 Å². The average Bonchev–Trinajstić information content (AvgIpc) is 2.21. The monoisotopic (exact) mass is 344 g/mol. The Balaban J connectivity index is 0. The van der Waals surface area contributed by atoms with E-state index in [1.807, 2.05) is 0 Å². The van der Waals surface area contributed by atoms with E-state index in [0.29, 0.717) is 3.42 Å². The summed E-state index contributed by atoms with van der Waals surface area (Å²) in [5, 5.41) is 0. The topological polar surface area (TPSA) is 0 Å². The summed E-state index contributed by atoms with van der Waals surface area (Å²) in [7, 11) is 0. The third-order valence-electron chi connectivity index (χ3n) is 2.94. The largest absolute Gasteiger partial charge is 0.153 e. The van der Waals surface area contributed by atoms with Gasteiger partial charge in [0.1, 0.15) is 0 Å². The maximum atomic E-state index is 2.74. The first kappa shape index (κ1) is 18.5. The molecule has 0 fully saturated rings. The van der Waals surface area contributed by atoms with Crippen LogP contribution in [-0.2, 0) is 0 Å². The molecule has 2 heteroatoms. The summed E-state index contributed by atoms with van der Waals surface area (Å²) >= 11 is 2.74. The van der Waals surface area contributed by atoms with Crippen molar-refractivity contribution in [2.24, 2.45) is 0 Å². The van der Waals surface area contributed by atoms with E-state index in [-0.39, 0.29) is 9.90 Å². The van der Waals surface area contributed by atoms with Gasteiger partial charge in [-0.15, -0.1) is 0 Å². The first-order valence-electron chi connectivity index (χ1n) is 6.37. The molecule has 1 atom stereocenters. The van der Waals surface area contributed by atoms with Crippen LogP contribution in [-0.4, -0.2) is 3.42 Å². The van der Waals surface area contributed by atoms with Gasteiger partial charge in [0.25, 0.3) is 0 Å². The summed E-state index contributed by atoms with van der Waals surface area (Å²) in [5.41, 5.74) is 0. The first-order chi connectivity index (χ1) is 6.68. The number of halogens is 1. The second-order valence-corrected chi connectivity index (χ2v) is 6.75. The standard InChI is InChI=1S/C13H27I.H3P/c1-4-7-10-13(14,11-8-5-2)12-9-6-3;/h4-12H2,1-3H3;1H3. The third kappa shape index (κ3) is 10.1. The molecule has 0 bridgehead atoms. The van der Waals surface area contributed by atoms with Crippen LogP contribution >= 0.6 is 32.5 Å². The van der Waals surface area contributed by atoms with Gasteiger partial charge in [-0.05, 0) is 19.3 Å². The van der Waals surface area contributed by atoms with Crippen LogP contribution in [0.25, 0.3) is 0 Å². The molecule has 0 spiro atoms. The van der Waals surface area contributed by atoms with Crippen LogP contribution in [0.1, 0.15) is 78.6 Å². The SMILES string of the molecule is CCCCC(I)(CCCC)CCCC.P. The highest BCUT2D eigenvalue weighted by molar-refractivity contribution is 14.1. The Hall–Kier alpha value is 1.16. The minimum absolute atomic E-state index is 0. The highest BCUT2D eigenvalue weighted by atomic mass is 127. The van der Waals surface area contributed by atoms with Crippen molar-refractivity contribution in [1.82, 2.24) is 0 Å². The number of rotatable bonds is 9. The summed E-state index contributed by atoms with van der Waals surface area (Å²) in [5.74, 6) is 0. The van der Waals surface area contributed by atoms with E-state index < -0.39 is 0 Å². The van der Waals surface area contributed by atoms with Crippen LogP contribution in [0.3, 0.4) is 0 Å². The summed E-state index contributed by atoms with van der Waals surface area (Å²) in [4.78, 5) is 0. The number of hydrogen-bond acceptors (Lipinski definition) is 0. The summed E-state index contributed by atoms with van der Waals surface area (Å²) in [6.07, 6.45) is 12.6. The molecule has 0 aliphatic heterocycles. The van der Waals surface area contributed by atoms with Crippen LogP contribution < -0.4 is 0 Å². The van der Waals surface area contributed by atoms with Crippen molar-refractivity contribution in [1.29, 1.82) is 0 Å². The van der Waals surface area contributed by atoms with E-state index in [0.717, 1.165) is 0 Å². The molecule has 0 aromatic heterocycles. The maximum Gasteiger partial charge on any atom is 0.0222 e. The normalized spacial score (nSPS) is 11.2. The minimum Gasteiger partial charge on any atom is -0.153 e. The van der Waals surface area contributed by atoms with Crippen molar-refractivity contribution in [3.63, 3.8) is 0 Å². The molecule has 1 unspecified atom stereocenters. The van der Waals surface area contributed by atoms with Gasteiger partial charge in [0.2, 0.25) is 0 Å². The molecular weight excluding hydrogens is 314 g/mol. The molecule has 0 heterocycles. The third-order valence-corrected chi connectivity index (χ3v) is 4.55. The van der Waals surface area contributed by atoms with Gasteiger partial charge >= 0.3 is 0 Å². The molecule has 0 radical (unpaired) electrons. The Morgan fingerprint density at radius 3 is 1.20 bits per heavy atom. The lowest BCUT2D eigenvalue weighted by Gasteiger charge is -2.27. The van der Waals surface area contributed by atoms with Crippen molar-refractivity contribution < 1.29 is 0 Å². The molecule has 0 aromatic carbocycles. The Morgan fingerprint density at radius 1 is 0.733 bits per heavy atom. The highest BCUT2D eigenvalue weighted by Crippen LogP contribution is 2.36. The lowest BCUT2D eigenvalue weighted by molar-refractivity contribution is 0.446. The summed E-state index contributed by atoms with van der Waals surface area (Å²) < 4.78 is 0.625. The van der Waals surface area contributed by atoms with Crippen molar-refractivity contribution >= 4 is 32.5 Å². The lowest BCUT2D eigenvalue weighted by Crippen LogP contribution is -2.20. The van der Waals surface area contributed by atoms with Gasteiger partial charge in [-0.1, -0.05) is 81.9 Å². The molecular formula is C13H30IP. The zero-order valence-corrected chi connectivity index (χ0v) is 14.5. The Kier molecular flexibility index (Phi) is 14.4. The number of unbranched alkanes of at least 4 members (excludes halogenated alkanes) is 3. The van der Waals surface area contributed by atoms with Crippen LogP contribution in [0.4, 0.5) is 0 Å². The molecule has 0 N–H and O–H groups in total. The Labute approximate surface area is 114 Å². The van der Waals surface area contributed by atoms with Crippen molar-refractivity contribution in [3.05, 3.63) is 0 Å². The Bertz CT molecular complexity index is 104. The second-order valence-electron chi connectivity index (χ2n) is 4.46. The average molecular weight is 344 g/mol. The fourth-order valence-electron chi connectivity index (χ4n) is 1.86. The predicted molar refractivity (Wildman–Crippen MR) is 86.4 cm³/mol. The molecule has 15 heavy (non-hydrogen) atoms. The zero-order valence-electron chi connectivity index (χ0n) is 10.9. The van der Waals surface area contributed by atoms with Crippen LogP contribution in [0.5, 0.6) is 0 Å². The second kappa shape index (κ2) is 11.6. The fraction of sp³-hybridized carbons (Fsp3) is 1.00. The van der Waals surface area contributed by atoms with Crippen LogP contribution in [0.2, 0.25) is 0 Å². The van der Waals surface area contributed by atoms with Gasteiger partial charge in [0.05, 0.1) is 0 Å². The van der Waals surface area contributed by atoms with E-state index in [2.05, 4.69) is 43.4 Å². The molecule has 94 valence electrons. The molecule has 0 aliphatic carbocycles. The molecule has 0 amide bonds. The predicted octanol–water partition coefficient (Wildman–Crippen LogP) is 5.79. The van der Waals surface area contributed by atoms with Gasteiger partial charge in [0.15, 0.2) is 0 Å². The van der Waals surface area contributed by atoms with E-state index >= 15 is 0 Å². The number of hydrogen-bond donors (Lipinski definition) is 0. The summed E-state index contributed by atoms with van der Waals surface area (Å²) in [6, 6.07) is 0. The van der Waals surface area contributed by atoms with Crippen molar-refractivity contribution in [3.8, 4) is 0 Å². The van der Waals surface area contributed by atoms with Crippen molar-refractivity contribution in [2.75, 3.05) is 0 Å². The molecule has 0 rings (SSSR count). The van der Waals surface area contributed by atoms with Gasteiger partial charge in [-0.25, -0.2) is 0 Å². The van der Waals surface area contributed by atoms with E-state index in [1.54, 1.807) is 0 Å². The van der Waals surface area contributed by atoms with Gasteiger partial charge in [0, 0.05) is 3.42 Å². The quantitative estimate of drug-likeness (QED) is 0.282.